The highest BCUT2D eigenvalue weighted by Gasteiger charge is 2.09. The van der Waals surface area contributed by atoms with Crippen LogP contribution in [0.2, 0.25) is 0 Å². The highest BCUT2D eigenvalue weighted by Crippen LogP contribution is 2.09. The summed E-state index contributed by atoms with van der Waals surface area (Å²) in [5.41, 5.74) is 5.03. The van der Waals surface area contributed by atoms with Crippen molar-refractivity contribution in [2.24, 2.45) is 0 Å². The second-order valence-corrected chi connectivity index (χ2v) is 5.15. The van der Waals surface area contributed by atoms with Crippen molar-refractivity contribution in [3.63, 3.8) is 0 Å². The van der Waals surface area contributed by atoms with Crippen molar-refractivity contribution in [1.82, 2.24) is 15.3 Å². The Morgan fingerprint density at radius 1 is 1.22 bits per heavy atom. The third-order valence-corrected chi connectivity index (χ3v) is 2.36. The Morgan fingerprint density at radius 3 is 2.50 bits per heavy atom. The zero-order chi connectivity index (χ0) is 13.0. The van der Waals surface area contributed by atoms with E-state index in [1.807, 2.05) is 49.8 Å². The predicted molar refractivity (Wildman–Crippen MR) is 71.2 cm³/mol. The second-order valence-electron chi connectivity index (χ2n) is 5.15. The van der Waals surface area contributed by atoms with Crippen molar-refractivity contribution in [3.05, 3.63) is 48.3 Å². The van der Waals surface area contributed by atoms with Gasteiger partial charge in [0.1, 0.15) is 0 Å². The summed E-state index contributed by atoms with van der Waals surface area (Å²) in [6.07, 6.45) is 3.70. The van der Waals surface area contributed by atoms with E-state index in [1.165, 1.54) is 5.56 Å². The first-order valence-corrected chi connectivity index (χ1v) is 6.04. The van der Waals surface area contributed by atoms with Gasteiger partial charge in [0.15, 0.2) is 0 Å². The summed E-state index contributed by atoms with van der Waals surface area (Å²) in [4.78, 5) is 5.47. The molecule has 1 heterocycles. The summed E-state index contributed by atoms with van der Waals surface area (Å²) in [7, 11) is 0. The summed E-state index contributed by atoms with van der Waals surface area (Å²) in [6.45, 7) is 6.74. The molecule has 0 amide bonds. The van der Waals surface area contributed by atoms with Gasteiger partial charge in [-0.3, -0.25) is 4.84 Å². The largest absolute Gasteiger partial charge is 0.296 e. The number of nitrogens with one attached hydrogen (secondary N) is 1. The molecule has 0 aliphatic rings. The van der Waals surface area contributed by atoms with Gasteiger partial charge in [0.05, 0.1) is 11.3 Å². The number of aromatic nitrogens is 2. The SMILES string of the molecule is CC(C)(C)ONCc1ccc(-n2cccn2)cc1. The molecule has 2 rings (SSSR count). The molecule has 0 unspecified atom stereocenters. The van der Waals surface area contributed by atoms with E-state index in [0.29, 0.717) is 6.54 Å². The Labute approximate surface area is 108 Å². The fourth-order valence-corrected chi connectivity index (χ4v) is 1.52. The van der Waals surface area contributed by atoms with E-state index in [2.05, 4.69) is 22.7 Å². The van der Waals surface area contributed by atoms with Crippen molar-refractivity contribution in [3.8, 4) is 5.69 Å². The van der Waals surface area contributed by atoms with Gasteiger partial charge >= 0.3 is 0 Å². The average molecular weight is 245 g/mol. The minimum Gasteiger partial charge on any atom is -0.296 e. The number of hydrogen-bond acceptors (Lipinski definition) is 3. The van der Waals surface area contributed by atoms with Crippen LogP contribution in [-0.2, 0) is 11.4 Å². The Balaban J connectivity index is 1.92. The molecule has 4 nitrogen and oxygen atoms in total. The Morgan fingerprint density at radius 2 is 1.94 bits per heavy atom. The first-order chi connectivity index (χ1) is 8.54. The minimum atomic E-state index is -0.172. The Kier molecular flexibility index (Phi) is 3.79. The molecule has 0 saturated carbocycles. The summed E-state index contributed by atoms with van der Waals surface area (Å²) >= 11 is 0. The third-order valence-electron chi connectivity index (χ3n) is 2.36. The van der Waals surface area contributed by atoms with Crippen LogP contribution in [0.15, 0.2) is 42.7 Å². The van der Waals surface area contributed by atoms with Gasteiger partial charge in [-0.05, 0) is 44.5 Å². The van der Waals surface area contributed by atoms with Gasteiger partial charge in [0, 0.05) is 18.9 Å². The van der Waals surface area contributed by atoms with Gasteiger partial charge in [0.25, 0.3) is 0 Å². The molecule has 1 aromatic heterocycles. The highest BCUT2D eigenvalue weighted by molar-refractivity contribution is 5.33. The molecule has 0 atom stereocenters. The molecule has 2 aromatic rings. The van der Waals surface area contributed by atoms with Gasteiger partial charge in [-0.15, -0.1) is 0 Å². The lowest BCUT2D eigenvalue weighted by Gasteiger charge is -2.19. The van der Waals surface area contributed by atoms with E-state index in [0.717, 1.165) is 5.69 Å². The zero-order valence-electron chi connectivity index (χ0n) is 11.1. The molecule has 1 aromatic carbocycles. The maximum Gasteiger partial charge on any atom is 0.0813 e. The Hall–Kier alpha value is -1.65. The first kappa shape index (κ1) is 12.8. The third kappa shape index (κ3) is 3.68. The van der Waals surface area contributed by atoms with Gasteiger partial charge in [-0.1, -0.05) is 12.1 Å². The number of nitrogens with zero attached hydrogens (tertiary/aromatic N) is 2. The van der Waals surface area contributed by atoms with E-state index in [9.17, 15) is 0 Å². The topological polar surface area (TPSA) is 39.1 Å². The van der Waals surface area contributed by atoms with Gasteiger partial charge in [-0.25, -0.2) is 4.68 Å². The predicted octanol–water partition coefficient (Wildman–Crippen LogP) is 2.69. The van der Waals surface area contributed by atoms with Gasteiger partial charge in [-0.2, -0.15) is 10.6 Å². The van der Waals surface area contributed by atoms with E-state index in [-0.39, 0.29) is 5.60 Å². The van der Waals surface area contributed by atoms with Gasteiger partial charge < -0.3 is 0 Å². The highest BCUT2D eigenvalue weighted by atomic mass is 16.7. The van der Waals surface area contributed by atoms with Crippen LogP contribution >= 0.6 is 0 Å². The van der Waals surface area contributed by atoms with E-state index in [4.69, 9.17) is 4.84 Å². The van der Waals surface area contributed by atoms with E-state index in [1.54, 1.807) is 6.20 Å². The molecule has 0 aliphatic heterocycles. The molecule has 0 aliphatic carbocycles. The van der Waals surface area contributed by atoms with Crippen LogP contribution in [0.3, 0.4) is 0 Å². The molecular formula is C14H19N3O. The zero-order valence-corrected chi connectivity index (χ0v) is 11.1. The molecule has 0 radical (unpaired) electrons. The van der Waals surface area contributed by atoms with Crippen molar-refractivity contribution in [2.75, 3.05) is 0 Å². The van der Waals surface area contributed by atoms with Crippen molar-refractivity contribution in [2.45, 2.75) is 32.9 Å². The summed E-state index contributed by atoms with van der Waals surface area (Å²) in [5, 5.41) is 4.19. The molecule has 0 fully saturated rings. The molecule has 0 spiro atoms. The van der Waals surface area contributed by atoms with Crippen molar-refractivity contribution < 1.29 is 4.84 Å². The van der Waals surface area contributed by atoms with Crippen LogP contribution in [0.4, 0.5) is 0 Å². The molecule has 1 N–H and O–H groups in total. The smallest absolute Gasteiger partial charge is 0.0813 e. The lowest BCUT2D eigenvalue weighted by atomic mass is 10.2. The van der Waals surface area contributed by atoms with Gasteiger partial charge in [0.2, 0.25) is 0 Å². The molecule has 0 saturated heterocycles. The quantitative estimate of drug-likeness (QED) is 0.842. The van der Waals surface area contributed by atoms with E-state index >= 15 is 0 Å². The molecule has 0 bridgehead atoms. The maximum absolute atomic E-state index is 5.47. The fourth-order valence-electron chi connectivity index (χ4n) is 1.52. The van der Waals surface area contributed by atoms with Crippen LogP contribution < -0.4 is 5.48 Å². The van der Waals surface area contributed by atoms with E-state index < -0.39 is 0 Å². The maximum atomic E-state index is 5.47. The van der Waals surface area contributed by atoms with Crippen molar-refractivity contribution >= 4 is 0 Å². The standard InChI is InChI=1S/C14H19N3O/c1-14(2,3)18-16-11-12-5-7-13(8-6-12)17-10-4-9-15-17/h4-10,16H,11H2,1-3H3. The molecule has 4 heteroatoms. The van der Waals surface area contributed by atoms with Crippen LogP contribution in [0.5, 0.6) is 0 Å². The Bertz CT molecular complexity index is 469. The number of benzene rings is 1. The lowest BCUT2D eigenvalue weighted by molar-refractivity contribution is -0.0757. The molecule has 96 valence electrons. The first-order valence-electron chi connectivity index (χ1n) is 6.04. The summed E-state index contributed by atoms with van der Waals surface area (Å²) < 4.78 is 1.84. The van der Waals surface area contributed by atoms with Crippen molar-refractivity contribution in [1.29, 1.82) is 0 Å². The molecule has 18 heavy (non-hydrogen) atoms. The lowest BCUT2D eigenvalue weighted by Crippen LogP contribution is -2.28. The number of hydroxylamine groups is 1. The summed E-state index contributed by atoms with van der Waals surface area (Å²) in [5.74, 6) is 0. The fraction of sp³-hybridized carbons (Fsp3) is 0.357. The van der Waals surface area contributed by atoms with Crippen LogP contribution in [0.1, 0.15) is 26.3 Å². The normalized spacial score (nSPS) is 11.7. The molecular weight excluding hydrogens is 226 g/mol. The number of rotatable bonds is 4. The minimum absolute atomic E-state index is 0.172. The summed E-state index contributed by atoms with van der Waals surface area (Å²) in [6, 6.07) is 10.1. The van der Waals surface area contributed by atoms with Crippen LogP contribution in [0.25, 0.3) is 5.69 Å². The monoisotopic (exact) mass is 245 g/mol. The van der Waals surface area contributed by atoms with Crippen LogP contribution in [0, 0.1) is 0 Å². The number of hydrogen-bond donors (Lipinski definition) is 1. The average Bonchev–Trinajstić information content (AvgIpc) is 2.82. The second kappa shape index (κ2) is 5.33. The van der Waals surface area contributed by atoms with Crippen LogP contribution in [-0.4, -0.2) is 15.4 Å².